The number of benzene rings is 1. The van der Waals surface area contributed by atoms with Gasteiger partial charge >= 0.3 is 0 Å². The molecule has 98 valence electrons. The third kappa shape index (κ3) is 5.06. The Bertz CT molecular complexity index is 532. The van der Waals surface area contributed by atoms with Gasteiger partial charge in [0, 0.05) is 6.07 Å². The van der Waals surface area contributed by atoms with Crippen molar-refractivity contribution < 1.29 is 13.2 Å². The second-order valence-corrected chi connectivity index (χ2v) is 6.02. The molecule has 1 aromatic carbocycles. The molecule has 0 heterocycles. The minimum atomic E-state index is -3.34. The lowest BCUT2D eigenvalue weighted by Gasteiger charge is -2.10. The van der Waals surface area contributed by atoms with Crippen LogP contribution in [-0.4, -0.2) is 20.8 Å². The SMILES string of the molecule is CC(C)CS(=O)(=O)Nc1cccc(OCC#N)c1. The van der Waals surface area contributed by atoms with Crippen molar-refractivity contribution >= 4 is 15.7 Å². The Morgan fingerprint density at radius 1 is 1.44 bits per heavy atom. The quantitative estimate of drug-likeness (QED) is 0.855. The fourth-order valence-corrected chi connectivity index (χ4v) is 2.87. The van der Waals surface area contributed by atoms with Crippen LogP contribution in [0, 0.1) is 17.2 Å². The van der Waals surface area contributed by atoms with E-state index in [0.717, 1.165) is 0 Å². The predicted molar refractivity (Wildman–Crippen MR) is 69.8 cm³/mol. The molecule has 0 unspecified atom stereocenters. The molecular formula is C12H16N2O3S. The number of hydrogen-bond acceptors (Lipinski definition) is 4. The van der Waals surface area contributed by atoms with Crippen molar-refractivity contribution in [2.75, 3.05) is 17.1 Å². The number of nitrogens with zero attached hydrogens (tertiary/aromatic N) is 1. The minimum absolute atomic E-state index is 0.0560. The number of ether oxygens (including phenoxy) is 1. The molecule has 18 heavy (non-hydrogen) atoms. The van der Waals surface area contributed by atoms with E-state index in [1.807, 2.05) is 19.9 Å². The van der Waals surface area contributed by atoms with E-state index in [1.54, 1.807) is 24.3 Å². The lowest BCUT2D eigenvalue weighted by molar-refractivity contribution is 0.368. The molecule has 0 saturated carbocycles. The van der Waals surface area contributed by atoms with E-state index in [9.17, 15) is 8.42 Å². The first kappa shape index (κ1) is 14.3. The third-order valence-corrected chi connectivity index (χ3v) is 3.62. The third-order valence-electron chi connectivity index (χ3n) is 1.96. The molecule has 1 aromatic rings. The number of hydrogen-bond donors (Lipinski definition) is 1. The molecule has 0 atom stereocenters. The summed E-state index contributed by atoms with van der Waals surface area (Å²) in [5.41, 5.74) is 0.436. The molecule has 0 amide bonds. The molecule has 0 radical (unpaired) electrons. The van der Waals surface area contributed by atoms with Crippen molar-refractivity contribution in [3.05, 3.63) is 24.3 Å². The van der Waals surface area contributed by atoms with Crippen LogP contribution < -0.4 is 9.46 Å². The van der Waals surface area contributed by atoms with E-state index in [-0.39, 0.29) is 18.3 Å². The number of anilines is 1. The summed E-state index contributed by atoms with van der Waals surface area (Å²) in [5, 5.41) is 8.40. The van der Waals surface area contributed by atoms with Crippen molar-refractivity contribution in [2.45, 2.75) is 13.8 Å². The molecule has 0 fully saturated rings. The highest BCUT2D eigenvalue weighted by Crippen LogP contribution is 2.18. The van der Waals surface area contributed by atoms with E-state index in [4.69, 9.17) is 10.00 Å². The van der Waals surface area contributed by atoms with Crippen molar-refractivity contribution in [3.8, 4) is 11.8 Å². The first-order chi connectivity index (χ1) is 8.43. The van der Waals surface area contributed by atoms with Gasteiger partial charge in [0.1, 0.15) is 11.8 Å². The maximum atomic E-state index is 11.7. The first-order valence-electron chi connectivity index (χ1n) is 5.53. The van der Waals surface area contributed by atoms with E-state index in [2.05, 4.69) is 4.72 Å². The molecule has 1 rings (SSSR count). The summed E-state index contributed by atoms with van der Waals surface area (Å²) in [5.74, 6) is 0.581. The Kier molecular flexibility index (Phi) is 4.98. The lowest BCUT2D eigenvalue weighted by Crippen LogP contribution is -2.20. The van der Waals surface area contributed by atoms with Gasteiger partial charge < -0.3 is 4.74 Å². The van der Waals surface area contributed by atoms with Crippen molar-refractivity contribution in [3.63, 3.8) is 0 Å². The summed E-state index contributed by atoms with van der Waals surface area (Å²) in [6.07, 6.45) is 0. The van der Waals surface area contributed by atoms with Crippen molar-refractivity contribution in [1.82, 2.24) is 0 Å². The van der Waals surface area contributed by atoms with Gasteiger partial charge in [-0.2, -0.15) is 5.26 Å². The van der Waals surface area contributed by atoms with Crippen LogP contribution in [0.3, 0.4) is 0 Å². The van der Waals surface area contributed by atoms with Crippen LogP contribution in [0.25, 0.3) is 0 Å². The Labute approximate surface area is 107 Å². The topological polar surface area (TPSA) is 79.2 Å². The molecule has 0 bridgehead atoms. The van der Waals surface area contributed by atoms with Crippen molar-refractivity contribution in [1.29, 1.82) is 5.26 Å². The number of nitrogens with one attached hydrogen (secondary N) is 1. The van der Waals surface area contributed by atoms with Gasteiger partial charge in [-0.25, -0.2) is 8.42 Å². The maximum absolute atomic E-state index is 11.7. The zero-order valence-electron chi connectivity index (χ0n) is 10.4. The van der Waals surface area contributed by atoms with Crippen LogP contribution in [-0.2, 0) is 10.0 Å². The van der Waals surface area contributed by atoms with Gasteiger partial charge in [-0.15, -0.1) is 0 Å². The summed E-state index contributed by atoms with van der Waals surface area (Å²) >= 11 is 0. The van der Waals surface area contributed by atoms with E-state index in [0.29, 0.717) is 11.4 Å². The Morgan fingerprint density at radius 3 is 2.78 bits per heavy atom. The van der Waals surface area contributed by atoms with Gasteiger partial charge in [0.05, 0.1) is 11.4 Å². The van der Waals surface area contributed by atoms with E-state index in [1.165, 1.54) is 0 Å². The smallest absolute Gasteiger partial charge is 0.232 e. The highest BCUT2D eigenvalue weighted by molar-refractivity contribution is 7.92. The fraction of sp³-hybridized carbons (Fsp3) is 0.417. The molecule has 0 spiro atoms. The maximum Gasteiger partial charge on any atom is 0.232 e. The lowest BCUT2D eigenvalue weighted by atomic mass is 10.3. The fourth-order valence-electron chi connectivity index (χ4n) is 1.43. The average molecular weight is 268 g/mol. The highest BCUT2D eigenvalue weighted by atomic mass is 32.2. The van der Waals surface area contributed by atoms with Gasteiger partial charge in [-0.3, -0.25) is 4.72 Å². The van der Waals surface area contributed by atoms with Gasteiger partial charge in [0.15, 0.2) is 6.61 Å². The van der Waals surface area contributed by atoms with E-state index < -0.39 is 10.0 Å². The Balaban J connectivity index is 2.76. The van der Waals surface area contributed by atoms with Gasteiger partial charge in [-0.1, -0.05) is 19.9 Å². The van der Waals surface area contributed by atoms with Crippen LogP contribution in [0.2, 0.25) is 0 Å². The summed E-state index contributed by atoms with van der Waals surface area (Å²) in [6, 6.07) is 8.37. The Morgan fingerprint density at radius 2 is 2.17 bits per heavy atom. The summed E-state index contributed by atoms with van der Waals surface area (Å²) < 4.78 is 31.0. The molecule has 1 N–H and O–H groups in total. The zero-order chi connectivity index (χ0) is 13.6. The normalized spacial score (nSPS) is 11.0. The van der Waals surface area contributed by atoms with Crippen molar-refractivity contribution in [2.24, 2.45) is 5.92 Å². The molecule has 0 aromatic heterocycles. The minimum Gasteiger partial charge on any atom is -0.479 e. The molecule has 6 heteroatoms. The molecule has 0 saturated heterocycles. The number of rotatable bonds is 6. The molecule has 0 aliphatic carbocycles. The summed E-state index contributed by atoms with van der Waals surface area (Å²) in [7, 11) is -3.34. The van der Waals surface area contributed by atoms with Gasteiger partial charge in [-0.05, 0) is 18.1 Å². The molecule has 5 nitrogen and oxygen atoms in total. The largest absolute Gasteiger partial charge is 0.479 e. The highest BCUT2D eigenvalue weighted by Gasteiger charge is 2.12. The molecular weight excluding hydrogens is 252 g/mol. The molecule has 0 aliphatic heterocycles. The van der Waals surface area contributed by atoms with Crippen LogP contribution in [0.1, 0.15) is 13.8 Å². The van der Waals surface area contributed by atoms with Gasteiger partial charge in [0.2, 0.25) is 10.0 Å². The number of sulfonamides is 1. The Hall–Kier alpha value is -1.74. The van der Waals surface area contributed by atoms with Crippen LogP contribution >= 0.6 is 0 Å². The monoisotopic (exact) mass is 268 g/mol. The average Bonchev–Trinajstić information content (AvgIpc) is 2.24. The predicted octanol–water partition coefficient (Wildman–Crippen LogP) is 1.99. The second kappa shape index (κ2) is 6.26. The zero-order valence-corrected chi connectivity index (χ0v) is 11.2. The van der Waals surface area contributed by atoms with Crippen LogP contribution in [0.4, 0.5) is 5.69 Å². The summed E-state index contributed by atoms with van der Waals surface area (Å²) in [6.45, 7) is 3.61. The standard InChI is InChI=1S/C12H16N2O3S/c1-10(2)9-18(15,16)14-11-4-3-5-12(8-11)17-7-6-13/h3-5,8,10,14H,7,9H2,1-2H3. The summed E-state index contributed by atoms with van der Waals surface area (Å²) in [4.78, 5) is 0. The number of nitriles is 1. The van der Waals surface area contributed by atoms with Gasteiger partial charge in [0.25, 0.3) is 0 Å². The van der Waals surface area contributed by atoms with E-state index >= 15 is 0 Å². The first-order valence-corrected chi connectivity index (χ1v) is 7.18. The second-order valence-electron chi connectivity index (χ2n) is 4.25. The van der Waals surface area contributed by atoms with Crippen LogP contribution in [0.5, 0.6) is 5.75 Å². The molecule has 0 aliphatic rings. The van der Waals surface area contributed by atoms with Crippen LogP contribution in [0.15, 0.2) is 24.3 Å².